The molecule has 2 fully saturated rings. The summed E-state index contributed by atoms with van der Waals surface area (Å²) < 4.78 is 0. The fourth-order valence-corrected chi connectivity index (χ4v) is 3.58. The van der Waals surface area contributed by atoms with E-state index in [1.165, 1.54) is 0 Å². The molecule has 0 aromatic rings. The van der Waals surface area contributed by atoms with Gasteiger partial charge in [0.25, 0.3) is 0 Å². The van der Waals surface area contributed by atoms with Crippen molar-refractivity contribution in [3.63, 3.8) is 0 Å². The molecule has 0 aliphatic heterocycles. The zero-order valence-electron chi connectivity index (χ0n) is 11.8. The van der Waals surface area contributed by atoms with Crippen LogP contribution >= 0.6 is 0 Å². The number of hydrogen-bond donors (Lipinski definition) is 4. The molecule has 0 bridgehead atoms. The molecule has 2 aliphatic rings. The minimum Gasteiger partial charge on any atom is -0.393 e. The van der Waals surface area contributed by atoms with Crippen LogP contribution in [0.2, 0.25) is 0 Å². The van der Waals surface area contributed by atoms with Gasteiger partial charge in [0.15, 0.2) is 0 Å². The minimum atomic E-state index is -0.936. The van der Waals surface area contributed by atoms with Crippen LogP contribution in [0.25, 0.3) is 0 Å². The maximum Gasteiger partial charge on any atom is 0.141 e. The van der Waals surface area contributed by atoms with Gasteiger partial charge in [0.05, 0.1) is 30.3 Å². The van der Waals surface area contributed by atoms with Crippen LogP contribution in [-0.4, -0.2) is 50.6 Å². The summed E-state index contributed by atoms with van der Waals surface area (Å²) >= 11 is 0. The quantitative estimate of drug-likeness (QED) is 0.599. The lowest BCUT2D eigenvalue weighted by molar-refractivity contribution is -0.139. The predicted octanol–water partition coefficient (Wildman–Crippen LogP) is 0.380. The summed E-state index contributed by atoms with van der Waals surface area (Å²) in [7, 11) is 0. The number of aliphatic hydroxyl groups is 4. The van der Waals surface area contributed by atoms with Crippen LogP contribution in [0.4, 0.5) is 0 Å². The average molecular weight is 286 g/mol. The molecule has 2 unspecified atom stereocenters. The molecule has 4 N–H and O–H groups in total. The van der Waals surface area contributed by atoms with E-state index in [1.54, 1.807) is 0 Å². The topological polar surface area (TPSA) is 98.0 Å². The number of Topliss-reactive ketones (excluding diaryl/α,β-unsaturated/α-hetero) is 1. The van der Waals surface area contributed by atoms with Gasteiger partial charge in [-0.05, 0) is 38.0 Å². The highest BCUT2D eigenvalue weighted by atomic mass is 16.3. The molecule has 0 amide bonds. The monoisotopic (exact) mass is 286 g/mol. The highest BCUT2D eigenvalue weighted by Crippen LogP contribution is 2.31. The van der Waals surface area contributed by atoms with Gasteiger partial charge in [-0.1, -0.05) is 0 Å². The summed E-state index contributed by atoms with van der Waals surface area (Å²) in [5.41, 5.74) is 0. The number of aliphatic hydroxyl groups excluding tert-OH is 4. The third-order valence-electron chi connectivity index (χ3n) is 4.84. The van der Waals surface area contributed by atoms with Crippen molar-refractivity contribution in [2.75, 3.05) is 0 Å². The second kappa shape index (κ2) is 6.98. The zero-order valence-corrected chi connectivity index (χ0v) is 11.8. The zero-order chi connectivity index (χ0) is 14.7. The van der Waals surface area contributed by atoms with Crippen LogP contribution in [0.15, 0.2) is 0 Å². The van der Waals surface area contributed by atoms with Crippen molar-refractivity contribution in [2.45, 2.75) is 75.8 Å². The molecule has 2 aliphatic carbocycles. The second-order valence-corrected chi connectivity index (χ2v) is 6.47. The Hall–Kier alpha value is -0.490. The molecule has 5 nitrogen and oxygen atoms in total. The van der Waals surface area contributed by atoms with Crippen LogP contribution in [0.3, 0.4) is 0 Å². The van der Waals surface area contributed by atoms with Crippen molar-refractivity contribution in [1.29, 1.82) is 0 Å². The molecule has 2 saturated carbocycles. The Morgan fingerprint density at radius 1 is 0.850 bits per heavy atom. The van der Waals surface area contributed by atoms with Gasteiger partial charge in [-0.2, -0.15) is 0 Å². The third kappa shape index (κ3) is 4.01. The summed E-state index contributed by atoms with van der Waals surface area (Å²) in [6.07, 6.45) is 2.20. The number of carbonyl (C=O) groups excluding carboxylic acids is 1. The fraction of sp³-hybridized carbons (Fsp3) is 0.933. The second-order valence-electron chi connectivity index (χ2n) is 6.47. The Balaban J connectivity index is 1.79. The maximum atomic E-state index is 12.2. The standard InChI is InChI=1S/C15H26O5/c16-10-4-1-9(2-5-10)3-6-12(18)15-13(19)7-11(17)8-14(15)20/h9-11,13-17,19-20H,1-8H2. The smallest absolute Gasteiger partial charge is 0.141 e. The van der Waals surface area contributed by atoms with Crippen molar-refractivity contribution in [3.8, 4) is 0 Å². The van der Waals surface area contributed by atoms with E-state index in [9.17, 15) is 25.2 Å². The van der Waals surface area contributed by atoms with E-state index >= 15 is 0 Å². The molecular weight excluding hydrogens is 260 g/mol. The first kappa shape index (κ1) is 15.9. The molecule has 0 radical (unpaired) electrons. The first-order valence-corrected chi connectivity index (χ1v) is 7.72. The first-order chi connectivity index (χ1) is 9.47. The molecule has 5 heteroatoms. The Morgan fingerprint density at radius 3 is 1.95 bits per heavy atom. The first-order valence-electron chi connectivity index (χ1n) is 7.72. The third-order valence-corrected chi connectivity index (χ3v) is 4.84. The normalized spacial score (nSPS) is 42.4. The largest absolute Gasteiger partial charge is 0.393 e. The Kier molecular flexibility index (Phi) is 5.55. The highest BCUT2D eigenvalue weighted by Gasteiger charge is 2.39. The molecule has 0 aromatic carbocycles. The maximum absolute atomic E-state index is 12.2. The van der Waals surface area contributed by atoms with Crippen LogP contribution in [0.1, 0.15) is 51.4 Å². The SMILES string of the molecule is O=C(CCC1CCC(O)CC1)C1C(O)CC(O)CC1O. The molecule has 2 rings (SSSR count). The molecule has 0 spiro atoms. The number of carbonyl (C=O) groups is 1. The van der Waals surface area contributed by atoms with Crippen molar-refractivity contribution < 1.29 is 25.2 Å². The fourth-order valence-electron chi connectivity index (χ4n) is 3.58. The molecule has 0 heterocycles. The molecule has 116 valence electrons. The number of ketones is 1. The predicted molar refractivity (Wildman–Crippen MR) is 73.0 cm³/mol. The van der Waals surface area contributed by atoms with Crippen molar-refractivity contribution in [3.05, 3.63) is 0 Å². The molecular formula is C15H26O5. The Labute approximate surface area is 119 Å². The van der Waals surface area contributed by atoms with Gasteiger partial charge >= 0.3 is 0 Å². The summed E-state index contributed by atoms with van der Waals surface area (Å²) in [6, 6.07) is 0. The van der Waals surface area contributed by atoms with Crippen LogP contribution < -0.4 is 0 Å². The molecule has 0 aromatic heterocycles. The van der Waals surface area contributed by atoms with Gasteiger partial charge in [-0.25, -0.2) is 0 Å². The summed E-state index contributed by atoms with van der Waals surface area (Å²) in [6.45, 7) is 0. The molecule has 0 saturated heterocycles. The van der Waals surface area contributed by atoms with E-state index in [1.807, 2.05) is 0 Å². The van der Waals surface area contributed by atoms with Crippen molar-refractivity contribution in [2.24, 2.45) is 11.8 Å². The number of hydrogen-bond acceptors (Lipinski definition) is 5. The van der Waals surface area contributed by atoms with E-state index in [0.717, 1.165) is 32.1 Å². The van der Waals surface area contributed by atoms with E-state index in [4.69, 9.17) is 0 Å². The lowest BCUT2D eigenvalue weighted by Crippen LogP contribution is -2.46. The number of rotatable bonds is 4. The van der Waals surface area contributed by atoms with Gasteiger partial charge in [0.2, 0.25) is 0 Å². The van der Waals surface area contributed by atoms with Gasteiger partial charge < -0.3 is 20.4 Å². The van der Waals surface area contributed by atoms with Gasteiger partial charge in [0, 0.05) is 19.3 Å². The van der Waals surface area contributed by atoms with E-state index < -0.39 is 24.2 Å². The minimum absolute atomic E-state index is 0.0944. The highest BCUT2D eigenvalue weighted by molar-refractivity contribution is 5.82. The van der Waals surface area contributed by atoms with E-state index in [-0.39, 0.29) is 24.7 Å². The Bertz CT molecular complexity index is 312. The summed E-state index contributed by atoms with van der Waals surface area (Å²) in [5, 5.41) is 38.7. The van der Waals surface area contributed by atoms with Crippen LogP contribution in [0.5, 0.6) is 0 Å². The molecule has 20 heavy (non-hydrogen) atoms. The van der Waals surface area contributed by atoms with Gasteiger partial charge in [-0.3, -0.25) is 4.79 Å². The molecule has 2 atom stereocenters. The Morgan fingerprint density at radius 2 is 1.40 bits per heavy atom. The lowest BCUT2D eigenvalue weighted by Gasteiger charge is -2.34. The van der Waals surface area contributed by atoms with Crippen molar-refractivity contribution >= 4 is 5.78 Å². The lowest BCUT2D eigenvalue weighted by atomic mass is 9.77. The summed E-state index contributed by atoms with van der Waals surface area (Å²) in [4.78, 5) is 12.2. The van der Waals surface area contributed by atoms with Gasteiger partial charge in [0.1, 0.15) is 5.78 Å². The van der Waals surface area contributed by atoms with Crippen LogP contribution in [0, 0.1) is 11.8 Å². The van der Waals surface area contributed by atoms with Crippen LogP contribution in [-0.2, 0) is 4.79 Å². The van der Waals surface area contributed by atoms with E-state index in [0.29, 0.717) is 12.3 Å². The summed E-state index contributed by atoms with van der Waals surface area (Å²) in [5.74, 6) is -0.374. The van der Waals surface area contributed by atoms with E-state index in [2.05, 4.69) is 0 Å². The average Bonchev–Trinajstić information content (AvgIpc) is 2.37. The van der Waals surface area contributed by atoms with Gasteiger partial charge in [-0.15, -0.1) is 0 Å². The van der Waals surface area contributed by atoms with Crippen molar-refractivity contribution in [1.82, 2.24) is 0 Å².